The molecule has 0 aliphatic rings. The Morgan fingerprint density at radius 3 is 2.44 bits per heavy atom. The predicted octanol–water partition coefficient (Wildman–Crippen LogP) is 3.49. The van der Waals surface area contributed by atoms with Crippen molar-refractivity contribution in [3.8, 4) is 11.4 Å². The number of aromatic nitrogens is 2. The van der Waals surface area contributed by atoms with Gasteiger partial charge in [-0.25, -0.2) is 4.68 Å². The molecule has 0 fully saturated rings. The predicted molar refractivity (Wildman–Crippen MR) is 73.6 cm³/mol. The molecule has 0 unspecified atom stereocenters. The molecule has 0 radical (unpaired) electrons. The molecule has 18 heavy (non-hydrogen) atoms. The average Bonchev–Trinajstić information content (AvgIpc) is 2.71. The molecule has 96 valence electrons. The second-order valence-corrected chi connectivity index (χ2v) is 5.53. The number of benzene rings is 1. The number of aryl methyl sites for hydroxylation is 1. The first-order valence-electron chi connectivity index (χ1n) is 6.13. The van der Waals surface area contributed by atoms with Crippen molar-refractivity contribution in [3.05, 3.63) is 41.7 Å². The van der Waals surface area contributed by atoms with Gasteiger partial charge in [0.2, 0.25) is 0 Å². The minimum atomic E-state index is 0.0644. The maximum absolute atomic E-state index is 5.25. The maximum atomic E-state index is 5.25. The van der Waals surface area contributed by atoms with E-state index in [4.69, 9.17) is 4.74 Å². The summed E-state index contributed by atoms with van der Waals surface area (Å²) in [5, 5.41) is 4.69. The van der Waals surface area contributed by atoms with Gasteiger partial charge in [-0.05, 0) is 25.1 Å². The van der Waals surface area contributed by atoms with Crippen LogP contribution in [0, 0.1) is 6.92 Å². The lowest BCUT2D eigenvalue weighted by molar-refractivity contribution is 0.414. The fourth-order valence-corrected chi connectivity index (χ4v) is 1.84. The Bertz CT molecular complexity index is 550. The van der Waals surface area contributed by atoms with E-state index in [-0.39, 0.29) is 5.41 Å². The van der Waals surface area contributed by atoms with Crippen LogP contribution in [0.15, 0.2) is 30.3 Å². The van der Waals surface area contributed by atoms with Crippen molar-refractivity contribution < 1.29 is 4.74 Å². The Hall–Kier alpha value is -1.77. The van der Waals surface area contributed by atoms with Crippen LogP contribution in [0.4, 0.5) is 0 Å². The lowest BCUT2D eigenvalue weighted by atomic mass is 9.92. The molecule has 0 atom stereocenters. The first-order chi connectivity index (χ1) is 8.41. The summed E-state index contributed by atoms with van der Waals surface area (Å²) in [4.78, 5) is 0. The van der Waals surface area contributed by atoms with Gasteiger partial charge in [0.05, 0.1) is 18.5 Å². The zero-order valence-corrected chi connectivity index (χ0v) is 11.7. The second-order valence-electron chi connectivity index (χ2n) is 5.53. The van der Waals surface area contributed by atoms with Crippen LogP contribution in [0.3, 0.4) is 0 Å². The van der Waals surface area contributed by atoms with Crippen molar-refractivity contribution in [1.82, 2.24) is 9.78 Å². The molecule has 3 nitrogen and oxygen atoms in total. The second kappa shape index (κ2) is 4.48. The first kappa shape index (κ1) is 12.7. The fourth-order valence-electron chi connectivity index (χ4n) is 1.84. The van der Waals surface area contributed by atoms with Gasteiger partial charge in [-0.3, -0.25) is 0 Å². The summed E-state index contributed by atoms with van der Waals surface area (Å²) >= 11 is 0. The van der Waals surface area contributed by atoms with Crippen LogP contribution in [0.25, 0.3) is 5.69 Å². The molecule has 2 rings (SSSR count). The summed E-state index contributed by atoms with van der Waals surface area (Å²) in [5.41, 5.74) is 3.33. The van der Waals surface area contributed by atoms with Gasteiger partial charge >= 0.3 is 0 Å². The van der Waals surface area contributed by atoms with Gasteiger partial charge in [0.1, 0.15) is 5.75 Å². The minimum absolute atomic E-state index is 0.0644. The topological polar surface area (TPSA) is 27.1 Å². The summed E-state index contributed by atoms with van der Waals surface area (Å²) in [5.74, 6) is 0.847. The molecule has 0 aliphatic carbocycles. The average molecular weight is 244 g/mol. The van der Waals surface area contributed by atoms with Crippen molar-refractivity contribution in [2.45, 2.75) is 33.1 Å². The summed E-state index contributed by atoms with van der Waals surface area (Å²) in [6.07, 6.45) is 0. The summed E-state index contributed by atoms with van der Waals surface area (Å²) in [7, 11) is 1.68. The number of hydrogen-bond donors (Lipinski definition) is 0. The largest absolute Gasteiger partial charge is 0.497 e. The Labute approximate surface area is 108 Å². The summed E-state index contributed by atoms with van der Waals surface area (Å²) in [6.45, 7) is 8.59. The van der Waals surface area contributed by atoms with Crippen LogP contribution in [0.2, 0.25) is 0 Å². The van der Waals surface area contributed by atoms with E-state index in [0.717, 1.165) is 22.8 Å². The third-order valence-corrected chi connectivity index (χ3v) is 2.95. The number of nitrogens with zero attached hydrogens (tertiary/aromatic N) is 2. The van der Waals surface area contributed by atoms with Gasteiger partial charge in [0, 0.05) is 17.2 Å². The number of rotatable bonds is 2. The molecule has 0 aliphatic heterocycles. The molecule has 1 heterocycles. The molecule has 0 saturated carbocycles. The molecule has 0 amide bonds. The van der Waals surface area contributed by atoms with Gasteiger partial charge in [-0.15, -0.1) is 0 Å². The van der Waals surface area contributed by atoms with Crippen LogP contribution in [-0.2, 0) is 5.41 Å². The van der Waals surface area contributed by atoms with Crippen LogP contribution >= 0.6 is 0 Å². The fraction of sp³-hybridized carbons (Fsp3) is 0.400. The van der Waals surface area contributed by atoms with Gasteiger partial charge in [-0.2, -0.15) is 5.10 Å². The van der Waals surface area contributed by atoms with Gasteiger partial charge < -0.3 is 4.74 Å². The van der Waals surface area contributed by atoms with E-state index in [1.165, 1.54) is 0 Å². The minimum Gasteiger partial charge on any atom is -0.497 e. The number of ether oxygens (including phenoxy) is 1. The standard InChI is InChI=1S/C15H20N2O/c1-11-9-14(15(2,3)4)16-17(11)12-7-6-8-13(10-12)18-5/h6-10H,1-5H3. The zero-order valence-electron chi connectivity index (χ0n) is 11.7. The maximum Gasteiger partial charge on any atom is 0.121 e. The Morgan fingerprint density at radius 2 is 1.89 bits per heavy atom. The Morgan fingerprint density at radius 1 is 1.17 bits per heavy atom. The van der Waals surface area contributed by atoms with Crippen LogP contribution in [-0.4, -0.2) is 16.9 Å². The lowest BCUT2D eigenvalue weighted by Gasteiger charge is -2.14. The first-order valence-corrected chi connectivity index (χ1v) is 6.13. The SMILES string of the molecule is COc1cccc(-n2nc(C(C)(C)C)cc2C)c1. The molecule has 3 heteroatoms. The highest BCUT2D eigenvalue weighted by Crippen LogP contribution is 2.24. The number of hydrogen-bond acceptors (Lipinski definition) is 2. The van der Waals surface area contributed by atoms with E-state index >= 15 is 0 Å². The Kier molecular flexibility index (Phi) is 3.16. The van der Waals surface area contributed by atoms with Crippen molar-refractivity contribution in [2.75, 3.05) is 7.11 Å². The summed E-state index contributed by atoms with van der Waals surface area (Å²) < 4.78 is 7.21. The highest BCUT2D eigenvalue weighted by Gasteiger charge is 2.19. The van der Waals surface area contributed by atoms with Crippen molar-refractivity contribution in [2.24, 2.45) is 0 Å². The molecular formula is C15H20N2O. The quantitative estimate of drug-likeness (QED) is 0.808. The monoisotopic (exact) mass is 244 g/mol. The zero-order chi connectivity index (χ0) is 13.3. The third kappa shape index (κ3) is 2.40. The van der Waals surface area contributed by atoms with E-state index in [9.17, 15) is 0 Å². The van der Waals surface area contributed by atoms with Crippen LogP contribution in [0.5, 0.6) is 5.75 Å². The molecular weight excluding hydrogens is 224 g/mol. The molecule has 0 bridgehead atoms. The Balaban J connectivity index is 2.47. The smallest absolute Gasteiger partial charge is 0.121 e. The van der Waals surface area contributed by atoms with E-state index in [2.05, 4.69) is 38.9 Å². The van der Waals surface area contributed by atoms with Crippen molar-refractivity contribution in [1.29, 1.82) is 0 Å². The van der Waals surface area contributed by atoms with E-state index in [1.54, 1.807) is 7.11 Å². The van der Waals surface area contributed by atoms with Crippen LogP contribution in [0.1, 0.15) is 32.2 Å². The highest BCUT2D eigenvalue weighted by molar-refractivity contribution is 5.40. The van der Waals surface area contributed by atoms with Crippen molar-refractivity contribution in [3.63, 3.8) is 0 Å². The molecule has 0 N–H and O–H groups in total. The highest BCUT2D eigenvalue weighted by atomic mass is 16.5. The molecule has 1 aromatic heterocycles. The number of methoxy groups -OCH3 is 1. The summed E-state index contributed by atoms with van der Waals surface area (Å²) in [6, 6.07) is 10.1. The molecule has 0 spiro atoms. The molecule has 0 saturated heterocycles. The molecule has 2 aromatic rings. The van der Waals surface area contributed by atoms with E-state index < -0.39 is 0 Å². The lowest BCUT2D eigenvalue weighted by Crippen LogP contribution is -2.12. The van der Waals surface area contributed by atoms with Gasteiger partial charge in [-0.1, -0.05) is 26.8 Å². The van der Waals surface area contributed by atoms with Gasteiger partial charge in [0.15, 0.2) is 0 Å². The van der Waals surface area contributed by atoms with Gasteiger partial charge in [0.25, 0.3) is 0 Å². The van der Waals surface area contributed by atoms with E-state index in [0.29, 0.717) is 0 Å². The third-order valence-electron chi connectivity index (χ3n) is 2.95. The van der Waals surface area contributed by atoms with E-state index in [1.807, 2.05) is 28.9 Å². The van der Waals surface area contributed by atoms with Crippen LogP contribution < -0.4 is 4.74 Å². The van der Waals surface area contributed by atoms with Crippen molar-refractivity contribution >= 4 is 0 Å². The normalized spacial score (nSPS) is 11.6. The molecule has 1 aromatic carbocycles.